The minimum Gasteiger partial charge on any atom is -0.0984 e. The molecule has 0 fully saturated rings. The summed E-state index contributed by atoms with van der Waals surface area (Å²) >= 11 is 7.99. The molecular formula is C8H6ClI. The molecule has 0 aliphatic heterocycles. The van der Waals surface area contributed by atoms with Crippen molar-refractivity contribution in [2.45, 2.75) is 0 Å². The molecule has 0 saturated heterocycles. The fourth-order valence-electron chi connectivity index (χ4n) is 0.671. The lowest BCUT2D eigenvalue weighted by Gasteiger charge is -1.96. The predicted molar refractivity (Wildman–Crippen MR) is 54.3 cm³/mol. The maximum atomic E-state index is 5.74. The van der Waals surface area contributed by atoms with Gasteiger partial charge in [-0.15, -0.1) is 0 Å². The number of benzene rings is 1. The van der Waals surface area contributed by atoms with Crippen LogP contribution in [0.25, 0.3) is 6.08 Å². The van der Waals surface area contributed by atoms with Crippen molar-refractivity contribution in [3.63, 3.8) is 0 Å². The molecule has 0 radical (unpaired) electrons. The van der Waals surface area contributed by atoms with Crippen molar-refractivity contribution in [1.82, 2.24) is 0 Å². The molecule has 0 saturated carbocycles. The van der Waals surface area contributed by atoms with Crippen LogP contribution >= 0.6 is 34.2 Å². The second-order valence-corrected chi connectivity index (χ2v) is 3.47. The Hall–Kier alpha value is -0.0200. The van der Waals surface area contributed by atoms with E-state index in [0.29, 0.717) is 0 Å². The molecule has 2 heteroatoms. The summed E-state index contributed by atoms with van der Waals surface area (Å²) in [5.41, 5.74) is 1.09. The summed E-state index contributed by atoms with van der Waals surface area (Å²) in [6, 6.07) is 5.74. The topological polar surface area (TPSA) is 0 Å². The fraction of sp³-hybridized carbons (Fsp3) is 0. The summed E-state index contributed by atoms with van der Waals surface area (Å²) in [5.74, 6) is 0. The van der Waals surface area contributed by atoms with Gasteiger partial charge in [-0.1, -0.05) is 24.3 Å². The van der Waals surface area contributed by atoms with Gasteiger partial charge in [0.1, 0.15) is 0 Å². The van der Waals surface area contributed by atoms with Gasteiger partial charge >= 0.3 is 0 Å². The van der Waals surface area contributed by atoms with Gasteiger partial charge in [0.15, 0.2) is 0 Å². The Morgan fingerprint density at radius 3 is 2.70 bits per heavy atom. The first-order valence-electron chi connectivity index (χ1n) is 2.81. The number of rotatable bonds is 1. The Morgan fingerprint density at radius 2 is 2.20 bits per heavy atom. The van der Waals surface area contributed by atoms with E-state index in [1.165, 1.54) is 3.57 Å². The van der Waals surface area contributed by atoms with E-state index in [-0.39, 0.29) is 0 Å². The lowest BCUT2D eigenvalue weighted by atomic mass is 10.2. The molecule has 0 N–H and O–H groups in total. The van der Waals surface area contributed by atoms with Crippen molar-refractivity contribution in [1.29, 1.82) is 0 Å². The summed E-state index contributed by atoms with van der Waals surface area (Å²) in [5, 5.41) is 0.760. The van der Waals surface area contributed by atoms with Crippen LogP contribution in [0.2, 0.25) is 5.02 Å². The second-order valence-electron chi connectivity index (χ2n) is 1.87. The van der Waals surface area contributed by atoms with E-state index in [9.17, 15) is 0 Å². The van der Waals surface area contributed by atoms with E-state index < -0.39 is 0 Å². The van der Waals surface area contributed by atoms with Gasteiger partial charge in [-0.05, 0) is 46.4 Å². The SMILES string of the molecule is C=Cc1cc(Cl)ccc1I. The number of halogens is 2. The maximum absolute atomic E-state index is 5.74. The van der Waals surface area contributed by atoms with Crippen LogP contribution in [0.1, 0.15) is 5.56 Å². The normalized spacial score (nSPS) is 9.40. The van der Waals surface area contributed by atoms with Crippen LogP contribution < -0.4 is 0 Å². The summed E-state index contributed by atoms with van der Waals surface area (Å²) in [4.78, 5) is 0. The third kappa shape index (κ3) is 1.73. The van der Waals surface area contributed by atoms with Crippen molar-refractivity contribution in [2.75, 3.05) is 0 Å². The summed E-state index contributed by atoms with van der Waals surface area (Å²) in [7, 11) is 0. The molecular weight excluding hydrogens is 258 g/mol. The average molecular weight is 264 g/mol. The number of hydrogen-bond donors (Lipinski definition) is 0. The highest BCUT2D eigenvalue weighted by atomic mass is 127. The molecule has 0 aromatic heterocycles. The van der Waals surface area contributed by atoms with E-state index in [1.807, 2.05) is 18.2 Å². The standard InChI is InChI=1S/C8H6ClI/c1-2-6-5-7(9)3-4-8(6)10/h2-5H,1H2. The monoisotopic (exact) mass is 264 g/mol. The minimum atomic E-state index is 0.760. The molecule has 0 heterocycles. The van der Waals surface area contributed by atoms with Crippen molar-refractivity contribution >= 4 is 40.3 Å². The smallest absolute Gasteiger partial charge is 0.0412 e. The van der Waals surface area contributed by atoms with Crippen LogP contribution in [0.3, 0.4) is 0 Å². The molecule has 1 aromatic rings. The van der Waals surface area contributed by atoms with Gasteiger partial charge in [-0.3, -0.25) is 0 Å². The predicted octanol–water partition coefficient (Wildman–Crippen LogP) is 3.59. The average Bonchev–Trinajstić information content (AvgIpc) is 1.94. The van der Waals surface area contributed by atoms with Gasteiger partial charge in [0.05, 0.1) is 0 Å². The van der Waals surface area contributed by atoms with Crippen molar-refractivity contribution in [2.24, 2.45) is 0 Å². The van der Waals surface area contributed by atoms with Crippen LogP contribution in [0.4, 0.5) is 0 Å². The third-order valence-electron chi connectivity index (χ3n) is 1.18. The van der Waals surface area contributed by atoms with Crippen molar-refractivity contribution < 1.29 is 0 Å². The zero-order valence-electron chi connectivity index (χ0n) is 5.27. The Bertz CT molecular complexity index is 255. The first-order valence-corrected chi connectivity index (χ1v) is 4.27. The van der Waals surface area contributed by atoms with Crippen LogP contribution in [0, 0.1) is 3.57 Å². The molecule has 0 atom stereocenters. The highest BCUT2D eigenvalue weighted by Crippen LogP contribution is 2.18. The van der Waals surface area contributed by atoms with Crippen molar-refractivity contribution in [3.8, 4) is 0 Å². The number of hydrogen-bond acceptors (Lipinski definition) is 0. The van der Waals surface area contributed by atoms with E-state index in [1.54, 1.807) is 6.08 Å². The first kappa shape index (κ1) is 8.08. The van der Waals surface area contributed by atoms with E-state index >= 15 is 0 Å². The van der Waals surface area contributed by atoms with Gasteiger partial charge < -0.3 is 0 Å². The first-order chi connectivity index (χ1) is 4.74. The van der Waals surface area contributed by atoms with Crippen LogP contribution in [-0.4, -0.2) is 0 Å². The summed E-state index contributed by atoms with van der Waals surface area (Å²) < 4.78 is 1.18. The lowest BCUT2D eigenvalue weighted by molar-refractivity contribution is 1.60. The highest BCUT2D eigenvalue weighted by molar-refractivity contribution is 14.1. The molecule has 0 unspecified atom stereocenters. The quantitative estimate of drug-likeness (QED) is 0.680. The molecule has 0 bridgehead atoms. The zero-order valence-corrected chi connectivity index (χ0v) is 8.19. The maximum Gasteiger partial charge on any atom is 0.0412 e. The molecule has 0 aliphatic carbocycles. The van der Waals surface area contributed by atoms with Crippen LogP contribution in [0.15, 0.2) is 24.8 Å². The molecule has 0 spiro atoms. The molecule has 1 rings (SSSR count). The van der Waals surface area contributed by atoms with Gasteiger partial charge in [0, 0.05) is 8.59 Å². The Morgan fingerprint density at radius 1 is 1.50 bits per heavy atom. The zero-order chi connectivity index (χ0) is 7.56. The van der Waals surface area contributed by atoms with Gasteiger partial charge in [-0.25, -0.2) is 0 Å². The largest absolute Gasteiger partial charge is 0.0984 e. The Kier molecular flexibility index (Phi) is 2.74. The Balaban J connectivity index is 3.21. The van der Waals surface area contributed by atoms with Crippen LogP contribution in [0.5, 0.6) is 0 Å². The highest BCUT2D eigenvalue weighted by Gasteiger charge is 1.94. The van der Waals surface area contributed by atoms with E-state index in [4.69, 9.17) is 11.6 Å². The van der Waals surface area contributed by atoms with Crippen LogP contribution in [-0.2, 0) is 0 Å². The molecule has 52 valence electrons. The molecule has 0 amide bonds. The van der Waals surface area contributed by atoms with Gasteiger partial charge in [-0.2, -0.15) is 0 Å². The van der Waals surface area contributed by atoms with E-state index in [0.717, 1.165) is 10.6 Å². The molecule has 1 aromatic carbocycles. The minimum absolute atomic E-state index is 0.760. The Labute approximate surface area is 79.0 Å². The lowest BCUT2D eigenvalue weighted by Crippen LogP contribution is -1.77. The van der Waals surface area contributed by atoms with Gasteiger partial charge in [0.2, 0.25) is 0 Å². The fourth-order valence-corrected chi connectivity index (χ4v) is 1.41. The van der Waals surface area contributed by atoms with Gasteiger partial charge in [0.25, 0.3) is 0 Å². The second kappa shape index (κ2) is 3.39. The molecule has 0 nitrogen and oxygen atoms in total. The summed E-state index contributed by atoms with van der Waals surface area (Å²) in [6.45, 7) is 3.67. The molecule has 0 aliphatic rings. The third-order valence-corrected chi connectivity index (χ3v) is 2.40. The van der Waals surface area contributed by atoms with Crippen molar-refractivity contribution in [3.05, 3.63) is 38.9 Å². The summed E-state index contributed by atoms with van der Waals surface area (Å²) in [6.07, 6.45) is 1.80. The molecule has 10 heavy (non-hydrogen) atoms. The van der Waals surface area contributed by atoms with E-state index in [2.05, 4.69) is 29.2 Å².